The minimum Gasteiger partial charge on any atom is -0.456 e. The van der Waals surface area contributed by atoms with Crippen LogP contribution in [0.15, 0.2) is 71.4 Å². The average Bonchev–Trinajstić information content (AvgIpc) is 2.94. The van der Waals surface area contributed by atoms with E-state index in [-0.39, 0.29) is 5.91 Å². The molecule has 0 aliphatic carbocycles. The molecule has 106 valence electrons. The summed E-state index contributed by atoms with van der Waals surface area (Å²) in [6.45, 7) is 0. The molecule has 0 radical (unpaired) electrons. The van der Waals surface area contributed by atoms with E-state index in [9.17, 15) is 4.79 Å². The zero-order valence-corrected chi connectivity index (χ0v) is 11.6. The highest BCUT2D eigenvalue weighted by atomic mass is 16.3. The molecule has 0 aliphatic rings. The van der Waals surface area contributed by atoms with Crippen molar-refractivity contribution < 1.29 is 9.21 Å². The molecule has 4 nitrogen and oxygen atoms in total. The Hall–Kier alpha value is -3.14. The predicted octanol–water partition coefficient (Wildman–Crippen LogP) is 4.23. The van der Waals surface area contributed by atoms with Gasteiger partial charge in [-0.3, -0.25) is 9.78 Å². The summed E-state index contributed by atoms with van der Waals surface area (Å²) in [4.78, 5) is 16.1. The highest BCUT2D eigenvalue weighted by Crippen LogP contribution is 2.30. The van der Waals surface area contributed by atoms with Gasteiger partial charge in [-0.15, -0.1) is 0 Å². The first kappa shape index (κ1) is 12.6. The third-order valence-electron chi connectivity index (χ3n) is 3.58. The molecule has 4 rings (SSSR count). The van der Waals surface area contributed by atoms with Crippen LogP contribution in [0.2, 0.25) is 0 Å². The van der Waals surface area contributed by atoms with Crippen molar-refractivity contribution in [2.24, 2.45) is 0 Å². The molecule has 0 atom stereocenters. The van der Waals surface area contributed by atoms with Gasteiger partial charge < -0.3 is 9.73 Å². The maximum atomic E-state index is 12.2. The Morgan fingerprint density at radius 1 is 0.909 bits per heavy atom. The quantitative estimate of drug-likeness (QED) is 0.600. The second-order valence-corrected chi connectivity index (χ2v) is 5.00. The Morgan fingerprint density at radius 3 is 2.55 bits per heavy atom. The number of nitrogens with one attached hydrogen (secondary N) is 1. The summed E-state index contributed by atoms with van der Waals surface area (Å²) in [6.07, 6.45) is 3.20. The molecule has 0 bridgehead atoms. The maximum absolute atomic E-state index is 12.2. The highest BCUT2D eigenvalue weighted by Gasteiger charge is 2.09. The van der Waals surface area contributed by atoms with Gasteiger partial charge in [-0.25, -0.2) is 0 Å². The normalized spacial score (nSPS) is 10.9. The van der Waals surface area contributed by atoms with Crippen LogP contribution in [0.3, 0.4) is 0 Å². The zero-order valence-electron chi connectivity index (χ0n) is 11.6. The van der Waals surface area contributed by atoms with Gasteiger partial charge in [-0.05, 0) is 36.4 Å². The minimum atomic E-state index is -0.158. The number of aromatic nitrogens is 1. The van der Waals surface area contributed by atoms with Gasteiger partial charge in [0.2, 0.25) is 0 Å². The van der Waals surface area contributed by atoms with Crippen LogP contribution in [0.5, 0.6) is 0 Å². The number of hydrogen-bond donors (Lipinski definition) is 1. The van der Waals surface area contributed by atoms with Gasteiger partial charge in [-0.1, -0.05) is 18.2 Å². The largest absolute Gasteiger partial charge is 0.456 e. The van der Waals surface area contributed by atoms with E-state index in [0.29, 0.717) is 5.56 Å². The molecule has 2 heterocycles. The number of anilines is 1. The molecular weight excluding hydrogens is 276 g/mol. The zero-order chi connectivity index (χ0) is 14.9. The second kappa shape index (κ2) is 5.00. The molecule has 22 heavy (non-hydrogen) atoms. The summed E-state index contributed by atoms with van der Waals surface area (Å²) in [7, 11) is 0. The first-order valence-corrected chi connectivity index (χ1v) is 6.94. The van der Waals surface area contributed by atoms with Gasteiger partial charge in [0.05, 0.1) is 0 Å². The Balaban J connectivity index is 1.73. The number of furan rings is 1. The van der Waals surface area contributed by atoms with Crippen molar-refractivity contribution in [1.82, 2.24) is 4.98 Å². The second-order valence-electron chi connectivity index (χ2n) is 5.00. The van der Waals surface area contributed by atoms with Gasteiger partial charge >= 0.3 is 0 Å². The molecule has 2 aromatic heterocycles. The van der Waals surface area contributed by atoms with Gasteiger partial charge in [0.15, 0.2) is 0 Å². The van der Waals surface area contributed by atoms with Gasteiger partial charge in [0, 0.05) is 34.4 Å². The molecule has 4 aromatic rings. The molecule has 0 unspecified atom stereocenters. The number of carbonyl (C=O) groups is 1. The minimum absolute atomic E-state index is 0.158. The van der Waals surface area contributed by atoms with Crippen LogP contribution in [0, 0.1) is 0 Å². The lowest BCUT2D eigenvalue weighted by Crippen LogP contribution is -2.11. The Bertz CT molecular complexity index is 974. The van der Waals surface area contributed by atoms with Gasteiger partial charge in [-0.2, -0.15) is 0 Å². The number of para-hydroxylation sites is 1. The van der Waals surface area contributed by atoms with Crippen molar-refractivity contribution in [3.63, 3.8) is 0 Å². The van der Waals surface area contributed by atoms with Crippen LogP contribution in [0.25, 0.3) is 21.9 Å². The number of nitrogens with zero attached hydrogens (tertiary/aromatic N) is 1. The molecule has 1 amide bonds. The summed E-state index contributed by atoms with van der Waals surface area (Å²) in [5, 5.41) is 4.92. The smallest absolute Gasteiger partial charge is 0.255 e. The third kappa shape index (κ3) is 2.11. The Morgan fingerprint density at radius 2 is 1.68 bits per heavy atom. The summed E-state index contributed by atoms with van der Waals surface area (Å²) >= 11 is 0. The van der Waals surface area contributed by atoms with Crippen molar-refractivity contribution in [3.05, 3.63) is 72.6 Å². The summed E-state index contributed by atoms with van der Waals surface area (Å²) in [6, 6.07) is 16.9. The molecule has 0 saturated heterocycles. The van der Waals surface area contributed by atoms with E-state index in [0.717, 1.165) is 27.6 Å². The van der Waals surface area contributed by atoms with Crippen molar-refractivity contribution in [3.8, 4) is 0 Å². The van der Waals surface area contributed by atoms with Crippen LogP contribution in [0.1, 0.15) is 10.4 Å². The molecule has 0 aliphatic heterocycles. The SMILES string of the molecule is O=C(Nc1ccc2oc3ccccc3c2c1)c1ccncc1. The maximum Gasteiger partial charge on any atom is 0.255 e. The lowest BCUT2D eigenvalue weighted by Gasteiger charge is -2.04. The lowest BCUT2D eigenvalue weighted by atomic mass is 10.1. The lowest BCUT2D eigenvalue weighted by molar-refractivity contribution is 0.102. The number of pyridine rings is 1. The Labute approximate surface area is 126 Å². The topological polar surface area (TPSA) is 55.1 Å². The van der Waals surface area contributed by atoms with Crippen molar-refractivity contribution in [2.75, 3.05) is 5.32 Å². The van der Waals surface area contributed by atoms with Gasteiger partial charge in [0.1, 0.15) is 11.2 Å². The highest BCUT2D eigenvalue weighted by molar-refractivity contribution is 6.09. The molecule has 0 spiro atoms. The molecule has 2 aromatic carbocycles. The van der Waals surface area contributed by atoms with E-state index in [1.165, 1.54) is 0 Å². The number of carbonyl (C=O) groups excluding carboxylic acids is 1. The summed E-state index contributed by atoms with van der Waals surface area (Å²) in [5.74, 6) is -0.158. The van der Waals surface area contributed by atoms with E-state index in [4.69, 9.17) is 4.42 Å². The predicted molar refractivity (Wildman–Crippen MR) is 85.9 cm³/mol. The van der Waals surface area contributed by atoms with E-state index in [1.54, 1.807) is 24.5 Å². The number of amides is 1. The summed E-state index contributed by atoms with van der Waals surface area (Å²) in [5.41, 5.74) is 2.96. The fourth-order valence-corrected chi connectivity index (χ4v) is 2.51. The van der Waals surface area contributed by atoms with E-state index in [1.807, 2.05) is 42.5 Å². The first-order valence-electron chi connectivity index (χ1n) is 6.94. The average molecular weight is 288 g/mol. The van der Waals surface area contributed by atoms with E-state index < -0.39 is 0 Å². The molecular formula is C18H12N2O2. The first-order chi connectivity index (χ1) is 10.8. The van der Waals surface area contributed by atoms with Crippen LogP contribution in [0.4, 0.5) is 5.69 Å². The monoisotopic (exact) mass is 288 g/mol. The van der Waals surface area contributed by atoms with Crippen LogP contribution in [-0.4, -0.2) is 10.9 Å². The molecule has 1 N–H and O–H groups in total. The number of rotatable bonds is 2. The molecule has 4 heteroatoms. The van der Waals surface area contributed by atoms with Crippen molar-refractivity contribution in [1.29, 1.82) is 0 Å². The number of hydrogen-bond acceptors (Lipinski definition) is 3. The van der Waals surface area contributed by atoms with Crippen LogP contribution in [-0.2, 0) is 0 Å². The molecule has 0 fully saturated rings. The van der Waals surface area contributed by atoms with Crippen LogP contribution >= 0.6 is 0 Å². The van der Waals surface area contributed by atoms with Crippen molar-refractivity contribution >= 4 is 33.5 Å². The fraction of sp³-hybridized carbons (Fsp3) is 0. The Kier molecular flexibility index (Phi) is 2.86. The van der Waals surface area contributed by atoms with Crippen LogP contribution < -0.4 is 5.32 Å². The number of fused-ring (bicyclic) bond motifs is 3. The van der Waals surface area contributed by atoms with Gasteiger partial charge in [0.25, 0.3) is 5.91 Å². The third-order valence-corrected chi connectivity index (χ3v) is 3.58. The van der Waals surface area contributed by atoms with E-state index in [2.05, 4.69) is 10.3 Å². The molecule has 0 saturated carbocycles. The number of benzene rings is 2. The summed E-state index contributed by atoms with van der Waals surface area (Å²) < 4.78 is 5.78. The van der Waals surface area contributed by atoms with Crippen molar-refractivity contribution in [2.45, 2.75) is 0 Å². The standard InChI is InChI=1S/C18H12N2O2/c21-18(12-7-9-19-10-8-12)20-13-5-6-17-15(11-13)14-3-1-2-4-16(14)22-17/h1-11H,(H,20,21). The fourth-order valence-electron chi connectivity index (χ4n) is 2.51. The van der Waals surface area contributed by atoms with E-state index >= 15 is 0 Å².